The van der Waals surface area contributed by atoms with E-state index in [0.717, 1.165) is 16.8 Å². The average molecular weight is 276 g/mol. The summed E-state index contributed by atoms with van der Waals surface area (Å²) in [5.41, 5.74) is 2.75. The molecule has 0 bridgehead atoms. The molecule has 0 saturated carbocycles. The Morgan fingerprint density at radius 1 is 1.29 bits per heavy atom. The summed E-state index contributed by atoms with van der Waals surface area (Å²) in [5.74, 6) is 0.228. The van der Waals surface area contributed by atoms with Crippen molar-refractivity contribution in [2.24, 2.45) is 0 Å². The molecule has 0 radical (unpaired) electrons. The third kappa shape index (κ3) is 4.21. The van der Waals surface area contributed by atoms with Gasteiger partial charge >= 0.3 is 0 Å². The summed E-state index contributed by atoms with van der Waals surface area (Å²) in [5, 5.41) is 0. The molecule has 3 nitrogen and oxygen atoms in total. The molecule has 96 valence electrons. The van der Waals surface area contributed by atoms with Gasteiger partial charge in [0.15, 0.2) is 0 Å². The van der Waals surface area contributed by atoms with E-state index in [4.69, 9.17) is 10.7 Å². The molecule has 0 N–H and O–H groups in total. The first-order valence-electron chi connectivity index (χ1n) is 5.43. The molecule has 0 saturated heterocycles. The first kappa shape index (κ1) is 14.3. The van der Waals surface area contributed by atoms with Crippen LogP contribution in [0.4, 0.5) is 5.69 Å². The van der Waals surface area contributed by atoms with Gasteiger partial charge in [0.25, 0.3) is 0 Å². The molecule has 1 aromatic carbocycles. The van der Waals surface area contributed by atoms with Crippen LogP contribution >= 0.6 is 10.7 Å². The van der Waals surface area contributed by atoms with E-state index in [1.165, 1.54) is 0 Å². The second kappa shape index (κ2) is 5.27. The standard InChI is InChI=1S/C12H18ClNO2S/c1-9(2)10-5-6-12(14(3)4)11(7-10)8-17(13,15)16/h5-7,9H,8H2,1-4H3. The zero-order valence-corrected chi connectivity index (χ0v) is 12.1. The zero-order chi connectivity index (χ0) is 13.2. The van der Waals surface area contributed by atoms with Gasteiger partial charge in [-0.05, 0) is 23.1 Å². The summed E-state index contributed by atoms with van der Waals surface area (Å²) in [6, 6.07) is 5.87. The Bertz CT molecular complexity index is 495. The van der Waals surface area contributed by atoms with Crippen molar-refractivity contribution in [1.29, 1.82) is 0 Å². The van der Waals surface area contributed by atoms with Crippen LogP contribution in [-0.2, 0) is 14.8 Å². The fourth-order valence-electron chi connectivity index (χ4n) is 1.70. The van der Waals surface area contributed by atoms with E-state index in [0.29, 0.717) is 5.92 Å². The highest BCUT2D eigenvalue weighted by atomic mass is 35.7. The van der Waals surface area contributed by atoms with Crippen LogP contribution in [0.3, 0.4) is 0 Å². The lowest BCUT2D eigenvalue weighted by Gasteiger charge is -2.19. The number of hydrogen-bond donors (Lipinski definition) is 0. The zero-order valence-electron chi connectivity index (χ0n) is 10.6. The minimum Gasteiger partial charge on any atom is -0.377 e. The fraction of sp³-hybridized carbons (Fsp3) is 0.500. The molecule has 0 atom stereocenters. The van der Waals surface area contributed by atoms with E-state index < -0.39 is 9.05 Å². The number of hydrogen-bond acceptors (Lipinski definition) is 3. The van der Waals surface area contributed by atoms with E-state index in [-0.39, 0.29) is 5.75 Å². The van der Waals surface area contributed by atoms with Crippen molar-refractivity contribution in [2.45, 2.75) is 25.5 Å². The first-order valence-corrected chi connectivity index (χ1v) is 7.91. The normalized spacial score (nSPS) is 11.9. The third-order valence-electron chi connectivity index (χ3n) is 2.58. The highest BCUT2D eigenvalue weighted by molar-refractivity contribution is 8.13. The maximum atomic E-state index is 11.2. The van der Waals surface area contributed by atoms with Crippen LogP contribution in [0.15, 0.2) is 18.2 Å². The maximum Gasteiger partial charge on any atom is 0.236 e. The molecule has 0 aliphatic heterocycles. The predicted octanol–water partition coefficient (Wildman–Crippen LogP) is 2.94. The fourth-order valence-corrected chi connectivity index (χ4v) is 2.66. The largest absolute Gasteiger partial charge is 0.377 e. The Hall–Kier alpha value is -0.740. The Morgan fingerprint density at radius 2 is 1.88 bits per heavy atom. The van der Waals surface area contributed by atoms with Gasteiger partial charge in [0.2, 0.25) is 9.05 Å². The molecule has 1 rings (SSSR count). The van der Waals surface area contributed by atoms with Crippen molar-refractivity contribution >= 4 is 25.4 Å². The van der Waals surface area contributed by atoms with Crippen LogP contribution in [0.25, 0.3) is 0 Å². The second-order valence-corrected chi connectivity index (χ2v) is 7.40. The lowest BCUT2D eigenvalue weighted by atomic mass is 10.00. The van der Waals surface area contributed by atoms with Gasteiger partial charge < -0.3 is 4.90 Å². The molecule has 0 heterocycles. The van der Waals surface area contributed by atoms with Gasteiger partial charge in [0.05, 0.1) is 5.75 Å². The molecule has 0 amide bonds. The molecular formula is C12H18ClNO2S. The van der Waals surface area contributed by atoms with Crippen LogP contribution in [-0.4, -0.2) is 22.5 Å². The van der Waals surface area contributed by atoms with Crippen LogP contribution in [0, 0.1) is 0 Å². The summed E-state index contributed by atoms with van der Waals surface area (Å²) in [6.07, 6.45) is 0. The van der Waals surface area contributed by atoms with Gasteiger partial charge in [0, 0.05) is 30.5 Å². The van der Waals surface area contributed by atoms with Crippen LogP contribution in [0.2, 0.25) is 0 Å². The minimum atomic E-state index is -3.53. The summed E-state index contributed by atoms with van der Waals surface area (Å²) in [4.78, 5) is 1.89. The average Bonchev–Trinajstić information content (AvgIpc) is 2.14. The van der Waals surface area contributed by atoms with E-state index in [2.05, 4.69) is 13.8 Å². The number of anilines is 1. The number of benzene rings is 1. The van der Waals surface area contributed by atoms with Crippen molar-refractivity contribution in [3.63, 3.8) is 0 Å². The SMILES string of the molecule is CC(C)c1ccc(N(C)C)c(CS(=O)(=O)Cl)c1. The van der Waals surface area contributed by atoms with E-state index in [1.807, 2.05) is 37.2 Å². The number of halogens is 1. The smallest absolute Gasteiger partial charge is 0.236 e. The number of rotatable bonds is 4. The molecule has 0 aromatic heterocycles. The van der Waals surface area contributed by atoms with Gasteiger partial charge in [0.1, 0.15) is 0 Å². The first-order chi connectivity index (χ1) is 7.70. The highest BCUT2D eigenvalue weighted by Crippen LogP contribution is 2.26. The monoisotopic (exact) mass is 275 g/mol. The van der Waals surface area contributed by atoms with E-state index >= 15 is 0 Å². The molecular weight excluding hydrogens is 258 g/mol. The van der Waals surface area contributed by atoms with Crippen LogP contribution in [0.1, 0.15) is 30.9 Å². The molecule has 0 spiro atoms. The van der Waals surface area contributed by atoms with E-state index in [9.17, 15) is 8.42 Å². The summed E-state index contributed by atoms with van der Waals surface area (Å²) < 4.78 is 22.4. The Labute approximate surface area is 108 Å². The summed E-state index contributed by atoms with van der Waals surface area (Å²) >= 11 is 0. The minimum absolute atomic E-state index is 0.136. The summed E-state index contributed by atoms with van der Waals surface area (Å²) in [7, 11) is 5.57. The molecule has 0 aliphatic carbocycles. The molecule has 5 heteroatoms. The summed E-state index contributed by atoms with van der Waals surface area (Å²) in [6.45, 7) is 4.15. The van der Waals surface area contributed by atoms with Crippen LogP contribution in [0.5, 0.6) is 0 Å². The van der Waals surface area contributed by atoms with Gasteiger partial charge in [-0.25, -0.2) is 8.42 Å². The Morgan fingerprint density at radius 3 is 2.29 bits per heavy atom. The predicted molar refractivity (Wildman–Crippen MR) is 73.3 cm³/mol. The molecule has 0 fully saturated rings. The molecule has 0 unspecified atom stereocenters. The van der Waals surface area contributed by atoms with Gasteiger partial charge in [-0.3, -0.25) is 0 Å². The lowest BCUT2D eigenvalue weighted by Crippen LogP contribution is -2.13. The van der Waals surface area contributed by atoms with E-state index in [1.54, 1.807) is 0 Å². The van der Waals surface area contributed by atoms with Gasteiger partial charge in [-0.15, -0.1) is 0 Å². The molecule has 0 aliphatic rings. The van der Waals surface area contributed by atoms with Crippen molar-refractivity contribution in [3.8, 4) is 0 Å². The van der Waals surface area contributed by atoms with Crippen molar-refractivity contribution < 1.29 is 8.42 Å². The number of nitrogens with zero attached hydrogens (tertiary/aromatic N) is 1. The Balaban J connectivity index is 3.25. The topological polar surface area (TPSA) is 37.4 Å². The van der Waals surface area contributed by atoms with Crippen molar-refractivity contribution in [1.82, 2.24) is 0 Å². The quantitative estimate of drug-likeness (QED) is 0.793. The third-order valence-corrected chi connectivity index (χ3v) is 3.56. The lowest BCUT2D eigenvalue weighted by molar-refractivity contribution is 0.609. The van der Waals surface area contributed by atoms with Gasteiger partial charge in [-0.2, -0.15) is 0 Å². The van der Waals surface area contributed by atoms with Crippen LogP contribution < -0.4 is 4.90 Å². The van der Waals surface area contributed by atoms with Crippen molar-refractivity contribution in [2.75, 3.05) is 19.0 Å². The molecule has 1 aromatic rings. The molecule has 17 heavy (non-hydrogen) atoms. The maximum absolute atomic E-state index is 11.2. The Kier molecular flexibility index (Phi) is 4.44. The van der Waals surface area contributed by atoms with Crippen molar-refractivity contribution in [3.05, 3.63) is 29.3 Å². The second-order valence-electron chi connectivity index (χ2n) is 4.62. The van der Waals surface area contributed by atoms with Gasteiger partial charge in [-0.1, -0.05) is 26.0 Å². The highest BCUT2D eigenvalue weighted by Gasteiger charge is 2.14.